The molecule has 1 unspecified atom stereocenters. The van der Waals surface area contributed by atoms with Crippen molar-refractivity contribution in [2.24, 2.45) is 0 Å². The summed E-state index contributed by atoms with van der Waals surface area (Å²) < 4.78 is 0. The van der Waals surface area contributed by atoms with Crippen LogP contribution in [0.25, 0.3) is 11.1 Å². The molecule has 1 aliphatic heterocycles. The van der Waals surface area contributed by atoms with Gasteiger partial charge in [0.2, 0.25) is 0 Å². The monoisotopic (exact) mass is 387 g/mol. The maximum absolute atomic E-state index is 13.2. The number of amides is 1. The minimum Gasteiger partial charge on any atom is -0.322 e. The molecule has 0 radical (unpaired) electrons. The van der Waals surface area contributed by atoms with Gasteiger partial charge in [0, 0.05) is 17.9 Å². The molecule has 3 aromatic carbocycles. The van der Waals surface area contributed by atoms with Crippen LogP contribution in [0.15, 0.2) is 78.9 Å². The van der Waals surface area contributed by atoms with Crippen LogP contribution in [0.3, 0.4) is 0 Å². The van der Waals surface area contributed by atoms with Gasteiger partial charge < -0.3 is 4.90 Å². The highest BCUT2D eigenvalue weighted by molar-refractivity contribution is 7.99. The molecule has 142 valence electrons. The van der Waals surface area contributed by atoms with E-state index in [0.717, 1.165) is 23.4 Å². The predicted octanol–water partition coefficient (Wildman–Crippen LogP) is 6.36. The summed E-state index contributed by atoms with van der Waals surface area (Å²) >= 11 is 1.85. The van der Waals surface area contributed by atoms with Crippen LogP contribution in [0, 0.1) is 0 Å². The first-order valence-corrected chi connectivity index (χ1v) is 10.9. The van der Waals surface area contributed by atoms with Crippen molar-refractivity contribution in [1.82, 2.24) is 4.90 Å². The summed E-state index contributed by atoms with van der Waals surface area (Å²) in [6, 6.07) is 27.0. The van der Waals surface area contributed by atoms with E-state index in [2.05, 4.69) is 50.2 Å². The van der Waals surface area contributed by atoms with Gasteiger partial charge in [-0.05, 0) is 40.3 Å². The summed E-state index contributed by atoms with van der Waals surface area (Å²) in [6.45, 7) is 5.20. The third-order valence-corrected chi connectivity index (χ3v) is 6.54. The number of thioether (sulfide) groups is 1. The van der Waals surface area contributed by atoms with Crippen LogP contribution in [0.4, 0.5) is 0 Å². The first-order chi connectivity index (χ1) is 13.6. The second-order valence-electron chi connectivity index (χ2n) is 7.49. The average Bonchev–Trinajstić information content (AvgIpc) is 3.24. The second-order valence-corrected chi connectivity index (χ2v) is 8.67. The van der Waals surface area contributed by atoms with Crippen molar-refractivity contribution in [3.63, 3.8) is 0 Å². The maximum Gasteiger partial charge on any atom is 0.255 e. The predicted molar refractivity (Wildman–Crippen MR) is 119 cm³/mol. The standard InChI is InChI=1S/C25H25NOS/c1-18(2)19-8-14-23(15-9-19)25-26(16-17-28-25)24(27)22-12-10-21(11-13-22)20-6-4-3-5-7-20/h3-15,18,25H,16-17H2,1-2H3. The fraction of sp³-hybridized carbons (Fsp3) is 0.240. The van der Waals surface area contributed by atoms with Crippen LogP contribution in [0.1, 0.15) is 46.6 Å². The van der Waals surface area contributed by atoms with Crippen LogP contribution in [-0.2, 0) is 0 Å². The van der Waals surface area contributed by atoms with Gasteiger partial charge in [-0.25, -0.2) is 0 Å². The molecule has 1 heterocycles. The highest BCUT2D eigenvalue weighted by atomic mass is 32.2. The number of carbonyl (C=O) groups is 1. The van der Waals surface area contributed by atoms with E-state index in [1.54, 1.807) is 0 Å². The Kier molecular flexibility index (Phi) is 5.54. The van der Waals surface area contributed by atoms with Crippen molar-refractivity contribution in [3.8, 4) is 11.1 Å². The van der Waals surface area contributed by atoms with Gasteiger partial charge >= 0.3 is 0 Å². The maximum atomic E-state index is 13.2. The third kappa shape index (κ3) is 3.85. The van der Waals surface area contributed by atoms with Crippen LogP contribution in [-0.4, -0.2) is 23.1 Å². The minimum atomic E-state index is 0.0995. The van der Waals surface area contributed by atoms with Crippen molar-refractivity contribution < 1.29 is 4.79 Å². The molecule has 1 fully saturated rings. The summed E-state index contributed by atoms with van der Waals surface area (Å²) in [5, 5.41) is 0.0995. The topological polar surface area (TPSA) is 20.3 Å². The van der Waals surface area contributed by atoms with Gasteiger partial charge in [-0.3, -0.25) is 4.79 Å². The fourth-order valence-corrected chi connectivity index (χ4v) is 4.86. The van der Waals surface area contributed by atoms with Crippen molar-refractivity contribution in [3.05, 3.63) is 95.6 Å². The molecule has 1 aliphatic rings. The normalized spacial score (nSPS) is 16.5. The number of carbonyl (C=O) groups excluding carboxylic acids is 1. The smallest absolute Gasteiger partial charge is 0.255 e. The molecule has 0 aliphatic carbocycles. The molecule has 1 saturated heterocycles. The molecule has 0 aromatic heterocycles. The lowest BCUT2D eigenvalue weighted by molar-refractivity contribution is 0.0760. The van der Waals surface area contributed by atoms with Gasteiger partial charge in [0.15, 0.2) is 0 Å². The number of hydrogen-bond donors (Lipinski definition) is 0. The van der Waals surface area contributed by atoms with E-state index in [-0.39, 0.29) is 11.3 Å². The molecule has 0 saturated carbocycles. The molecular formula is C25H25NOS. The number of hydrogen-bond acceptors (Lipinski definition) is 2. The molecule has 3 aromatic rings. The van der Waals surface area contributed by atoms with E-state index in [1.807, 2.05) is 59.1 Å². The summed E-state index contributed by atoms with van der Waals surface area (Å²) in [6.07, 6.45) is 0. The van der Waals surface area contributed by atoms with Crippen molar-refractivity contribution in [2.45, 2.75) is 25.1 Å². The van der Waals surface area contributed by atoms with Crippen LogP contribution in [0.2, 0.25) is 0 Å². The van der Waals surface area contributed by atoms with Gasteiger partial charge in [0.05, 0.1) is 0 Å². The Morgan fingerprint density at radius 2 is 1.54 bits per heavy atom. The minimum absolute atomic E-state index is 0.0995. The molecule has 1 atom stereocenters. The quantitative estimate of drug-likeness (QED) is 0.519. The Balaban J connectivity index is 1.53. The van der Waals surface area contributed by atoms with E-state index in [0.29, 0.717) is 5.92 Å². The zero-order valence-electron chi connectivity index (χ0n) is 16.3. The first kappa shape index (κ1) is 18.8. The lowest BCUT2D eigenvalue weighted by Crippen LogP contribution is -2.30. The van der Waals surface area contributed by atoms with Gasteiger partial charge in [0.25, 0.3) is 5.91 Å². The fourth-order valence-electron chi connectivity index (χ4n) is 3.60. The average molecular weight is 388 g/mol. The molecule has 3 heteroatoms. The Hall–Kier alpha value is -2.52. The van der Waals surface area contributed by atoms with E-state index < -0.39 is 0 Å². The second kappa shape index (κ2) is 8.24. The molecular weight excluding hydrogens is 362 g/mol. The highest BCUT2D eigenvalue weighted by Crippen LogP contribution is 2.39. The summed E-state index contributed by atoms with van der Waals surface area (Å²) in [5.74, 6) is 1.61. The summed E-state index contributed by atoms with van der Waals surface area (Å²) in [5.41, 5.74) is 5.60. The van der Waals surface area contributed by atoms with Crippen molar-refractivity contribution in [2.75, 3.05) is 12.3 Å². The lowest BCUT2D eigenvalue weighted by atomic mass is 10.0. The third-order valence-electron chi connectivity index (χ3n) is 5.28. The van der Waals surface area contributed by atoms with Crippen molar-refractivity contribution >= 4 is 17.7 Å². The molecule has 0 N–H and O–H groups in total. The highest BCUT2D eigenvalue weighted by Gasteiger charge is 2.31. The summed E-state index contributed by atoms with van der Waals surface area (Å²) in [7, 11) is 0. The molecule has 0 bridgehead atoms. The molecule has 28 heavy (non-hydrogen) atoms. The molecule has 0 spiro atoms. The SMILES string of the molecule is CC(C)c1ccc(C2SCCN2C(=O)c2ccc(-c3ccccc3)cc2)cc1. The lowest BCUT2D eigenvalue weighted by Gasteiger charge is -2.24. The Morgan fingerprint density at radius 1 is 0.893 bits per heavy atom. The van der Waals surface area contributed by atoms with Crippen LogP contribution >= 0.6 is 11.8 Å². The van der Waals surface area contributed by atoms with E-state index in [4.69, 9.17) is 0 Å². The Morgan fingerprint density at radius 3 is 2.18 bits per heavy atom. The Bertz CT molecular complexity index is 933. The van der Waals surface area contributed by atoms with E-state index >= 15 is 0 Å². The zero-order chi connectivity index (χ0) is 19.5. The number of nitrogens with zero attached hydrogens (tertiary/aromatic N) is 1. The molecule has 4 rings (SSSR count). The number of benzene rings is 3. The van der Waals surface area contributed by atoms with Crippen LogP contribution < -0.4 is 0 Å². The van der Waals surface area contributed by atoms with Crippen LogP contribution in [0.5, 0.6) is 0 Å². The summed E-state index contributed by atoms with van der Waals surface area (Å²) in [4.78, 5) is 15.2. The largest absolute Gasteiger partial charge is 0.322 e. The Labute approximate surface area is 171 Å². The molecule has 2 nitrogen and oxygen atoms in total. The first-order valence-electron chi connectivity index (χ1n) is 9.81. The van der Waals surface area contributed by atoms with Gasteiger partial charge in [-0.1, -0.05) is 80.6 Å². The van der Waals surface area contributed by atoms with Gasteiger partial charge in [0.1, 0.15) is 5.37 Å². The van der Waals surface area contributed by atoms with Gasteiger partial charge in [-0.2, -0.15) is 0 Å². The number of rotatable bonds is 4. The zero-order valence-corrected chi connectivity index (χ0v) is 17.2. The van der Waals surface area contributed by atoms with E-state index in [1.165, 1.54) is 16.7 Å². The molecule has 1 amide bonds. The van der Waals surface area contributed by atoms with E-state index in [9.17, 15) is 4.79 Å². The van der Waals surface area contributed by atoms with Gasteiger partial charge in [-0.15, -0.1) is 11.8 Å². The van der Waals surface area contributed by atoms with Crippen molar-refractivity contribution in [1.29, 1.82) is 0 Å².